The first-order chi connectivity index (χ1) is 17.8. The van der Waals surface area contributed by atoms with E-state index in [0.29, 0.717) is 0 Å². The molecule has 37 heavy (non-hydrogen) atoms. The highest BCUT2D eigenvalue weighted by atomic mass is 28.4. The second kappa shape index (κ2) is 13.8. The van der Waals surface area contributed by atoms with Crippen LogP contribution in [0.1, 0.15) is 36.8 Å². The van der Waals surface area contributed by atoms with Gasteiger partial charge >= 0.3 is 18.6 Å². The Hall–Kier alpha value is -1.05. The average molecular weight is 575 g/mol. The van der Waals surface area contributed by atoms with Crippen molar-refractivity contribution < 1.29 is 21.8 Å². The van der Waals surface area contributed by atoms with Crippen LogP contribution in [0.5, 0.6) is 11.5 Å². The van der Waals surface area contributed by atoms with Gasteiger partial charge in [-0.05, 0) is 124 Å². The van der Waals surface area contributed by atoms with E-state index in [1.165, 1.54) is 61.0 Å². The van der Waals surface area contributed by atoms with E-state index in [9.17, 15) is 0 Å². The van der Waals surface area contributed by atoms with E-state index >= 15 is 0 Å². The average Bonchev–Trinajstić information content (AvgIpc) is 3.15. The quantitative estimate of drug-likeness (QED) is 0.284. The summed E-state index contributed by atoms with van der Waals surface area (Å²) in [6.45, 7) is 11.0. The summed E-state index contributed by atoms with van der Waals surface area (Å²) in [5.74, 6) is 1.79. The lowest BCUT2D eigenvalue weighted by molar-refractivity contribution is 0.283. The van der Waals surface area contributed by atoms with Gasteiger partial charge in [0.05, 0.1) is 0 Å². The number of aryl methyl sites for hydroxylation is 2. The van der Waals surface area contributed by atoms with Crippen molar-refractivity contribution in [3.63, 3.8) is 0 Å². The molecule has 2 aliphatic heterocycles. The largest absolute Gasteiger partial charge is 0.457 e. The molecule has 0 radical (unpaired) electrons. The minimum atomic E-state index is -1.59. The van der Waals surface area contributed by atoms with Gasteiger partial charge in [-0.15, -0.1) is 0 Å². The van der Waals surface area contributed by atoms with Crippen molar-refractivity contribution in [1.82, 2.24) is 0 Å². The van der Waals surface area contributed by atoms with Crippen molar-refractivity contribution in [2.24, 2.45) is 0 Å². The summed E-state index contributed by atoms with van der Waals surface area (Å²) in [7, 11) is -6.00. The van der Waals surface area contributed by atoms with Gasteiger partial charge in [-0.3, -0.25) is 0 Å². The minimum absolute atomic E-state index is 0.895. The zero-order valence-corrected chi connectivity index (χ0v) is 27.6. The van der Waals surface area contributed by atoms with Crippen molar-refractivity contribution in [2.45, 2.75) is 88.9 Å². The number of rotatable bonds is 10. The molecule has 0 bridgehead atoms. The molecule has 4 unspecified atom stereocenters. The molecule has 9 heteroatoms. The summed E-state index contributed by atoms with van der Waals surface area (Å²) in [6.07, 6.45) is 6.90. The Balaban J connectivity index is 1.19. The molecule has 2 aromatic rings. The third-order valence-electron chi connectivity index (χ3n) is 7.73. The number of benzene rings is 2. The lowest BCUT2D eigenvalue weighted by Crippen LogP contribution is -2.38. The summed E-state index contributed by atoms with van der Waals surface area (Å²) < 4.78 is 30.6. The fourth-order valence-electron chi connectivity index (χ4n) is 5.66. The molecule has 2 heterocycles. The SMILES string of the molecule is C[SiH]1OCCC[Si](C)(CCCc2ccc(Oc3ccc(CCC[Si]4(C)CCCO[SiH](C)O4)cc3)cc2)O1. The highest BCUT2D eigenvalue weighted by molar-refractivity contribution is 6.78. The zero-order chi connectivity index (χ0) is 26.1. The van der Waals surface area contributed by atoms with Crippen LogP contribution in [-0.4, -0.2) is 48.4 Å². The van der Waals surface area contributed by atoms with Crippen molar-refractivity contribution in [2.75, 3.05) is 13.2 Å². The molecule has 2 fully saturated rings. The first-order valence-electron chi connectivity index (χ1n) is 14.3. The Labute approximate surface area is 229 Å². The Bertz CT molecular complexity index is 883. The predicted octanol–water partition coefficient (Wildman–Crippen LogP) is 7.07. The zero-order valence-electron chi connectivity index (χ0n) is 23.3. The van der Waals surface area contributed by atoms with Crippen LogP contribution in [0.4, 0.5) is 0 Å². The van der Waals surface area contributed by atoms with E-state index in [2.05, 4.69) is 74.7 Å². The molecule has 4 rings (SSSR count). The Kier molecular flexibility index (Phi) is 10.8. The van der Waals surface area contributed by atoms with Crippen LogP contribution in [0.2, 0.25) is 50.4 Å². The third-order valence-corrected chi connectivity index (χ3v) is 22.0. The number of ether oxygens (including phenoxy) is 1. The van der Waals surface area contributed by atoms with Crippen LogP contribution < -0.4 is 4.74 Å². The molecule has 0 spiro atoms. The summed E-state index contributed by atoms with van der Waals surface area (Å²) in [4.78, 5) is 0. The lowest BCUT2D eigenvalue weighted by atomic mass is 10.1. The monoisotopic (exact) mass is 574 g/mol. The van der Waals surface area contributed by atoms with Gasteiger partial charge < -0.3 is 21.8 Å². The fourth-order valence-corrected chi connectivity index (χ4v) is 19.6. The van der Waals surface area contributed by atoms with Gasteiger partial charge in [0.1, 0.15) is 11.5 Å². The second-order valence-corrected chi connectivity index (χ2v) is 23.9. The summed E-state index contributed by atoms with van der Waals surface area (Å²) in [5, 5.41) is 0. The van der Waals surface area contributed by atoms with Gasteiger partial charge in [-0.1, -0.05) is 24.3 Å². The molecular formula is C28H46O5Si4. The summed E-state index contributed by atoms with van der Waals surface area (Å²) in [6, 6.07) is 22.1. The topological polar surface area (TPSA) is 46.2 Å². The Morgan fingerprint density at radius 3 is 1.49 bits per heavy atom. The van der Waals surface area contributed by atoms with Crippen LogP contribution in [-0.2, 0) is 29.9 Å². The van der Waals surface area contributed by atoms with Crippen LogP contribution in [0.15, 0.2) is 48.5 Å². The van der Waals surface area contributed by atoms with Crippen molar-refractivity contribution >= 4 is 35.2 Å². The molecule has 5 nitrogen and oxygen atoms in total. The van der Waals surface area contributed by atoms with Gasteiger partial charge in [0.15, 0.2) is 16.6 Å². The maximum Gasteiger partial charge on any atom is 0.307 e. The van der Waals surface area contributed by atoms with Crippen LogP contribution >= 0.6 is 0 Å². The van der Waals surface area contributed by atoms with Crippen LogP contribution in [0.3, 0.4) is 0 Å². The summed E-state index contributed by atoms with van der Waals surface area (Å²) >= 11 is 0. The maximum atomic E-state index is 6.42. The molecular weight excluding hydrogens is 529 g/mol. The number of hydrogen-bond donors (Lipinski definition) is 0. The predicted molar refractivity (Wildman–Crippen MR) is 161 cm³/mol. The van der Waals surface area contributed by atoms with E-state index < -0.39 is 35.2 Å². The van der Waals surface area contributed by atoms with Crippen LogP contribution in [0.25, 0.3) is 0 Å². The Morgan fingerprint density at radius 2 is 1.08 bits per heavy atom. The molecule has 0 N–H and O–H groups in total. The third kappa shape index (κ3) is 9.57. The molecule has 0 aliphatic carbocycles. The summed E-state index contributed by atoms with van der Waals surface area (Å²) in [5.41, 5.74) is 2.74. The lowest BCUT2D eigenvalue weighted by Gasteiger charge is -2.27. The van der Waals surface area contributed by atoms with Gasteiger partial charge in [-0.25, -0.2) is 0 Å². The van der Waals surface area contributed by atoms with Gasteiger partial charge in [-0.2, -0.15) is 0 Å². The molecule has 2 aliphatic rings. The highest BCUT2D eigenvalue weighted by Crippen LogP contribution is 2.28. The minimum Gasteiger partial charge on any atom is -0.457 e. The molecule has 2 aromatic carbocycles. The second-order valence-electron chi connectivity index (χ2n) is 11.3. The van der Waals surface area contributed by atoms with Crippen molar-refractivity contribution in [3.05, 3.63) is 59.7 Å². The highest BCUT2D eigenvalue weighted by Gasteiger charge is 2.33. The van der Waals surface area contributed by atoms with E-state index in [1.54, 1.807) is 0 Å². The molecule has 0 aromatic heterocycles. The number of hydrogen-bond acceptors (Lipinski definition) is 5. The first-order valence-corrected chi connectivity index (χ1v) is 24.1. The molecule has 4 atom stereocenters. The molecule has 2 saturated heterocycles. The molecule has 0 amide bonds. The van der Waals surface area contributed by atoms with E-state index in [0.717, 1.165) is 37.6 Å². The normalized spacial score (nSPS) is 28.9. The van der Waals surface area contributed by atoms with E-state index in [-0.39, 0.29) is 0 Å². The standard InChI is InChI=1S/C28H46O5Si4/c1-34-29-19-7-23-36(3,32-34)21-5-9-25-11-15-27(16-12-25)31-28-17-13-26(14-18-28)10-6-22-37(4)24-8-20-30-35(2)33-37/h11-18,34-35H,5-10,19-24H2,1-4H3. The van der Waals surface area contributed by atoms with Crippen molar-refractivity contribution in [1.29, 1.82) is 0 Å². The van der Waals surface area contributed by atoms with Gasteiger partial charge in [0.2, 0.25) is 0 Å². The smallest absolute Gasteiger partial charge is 0.307 e. The Morgan fingerprint density at radius 1 is 0.676 bits per heavy atom. The van der Waals surface area contributed by atoms with E-state index in [1.807, 2.05) is 0 Å². The van der Waals surface area contributed by atoms with Gasteiger partial charge in [0, 0.05) is 13.2 Å². The van der Waals surface area contributed by atoms with E-state index in [4.69, 9.17) is 21.8 Å². The van der Waals surface area contributed by atoms with Crippen LogP contribution in [0, 0.1) is 0 Å². The maximum absolute atomic E-state index is 6.42. The van der Waals surface area contributed by atoms with Gasteiger partial charge in [0.25, 0.3) is 0 Å². The molecule has 0 saturated carbocycles. The first kappa shape index (κ1) is 28.9. The van der Waals surface area contributed by atoms with Crippen molar-refractivity contribution in [3.8, 4) is 11.5 Å². The molecule has 204 valence electrons. The fraction of sp³-hybridized carbons (Fsp3) is 0.571.